The number of hydrogen-bond acceptors (Lipinski definition) is 2. The van der Waals surface area contributed by atoms with E-state index in [1.165, 1.54) is 0 Å². The van der Waals surface area contributed by atoms with Crippen LogP contribution in [-0.2, 0) is 6.18 Å². The summed E-state index contributed by atoms with van der Waals surface area (Å²) < 4.78 is 49.4. The first-order valence-corrected chi connectivity index (χ1v) is 3.63. The van der Waals surface area contributed by atoms with Crippen LogP contribution < -0.4 is 5.73 Å². The molecule has 82 valence electrons. The van der Waals surface area contributed by atoms with Crippen molar-refractivity contribution in [3.63, 3.8) is 0 Å². The zero-order valence-corrected chi connectivity index (χ0v) is 7.10. The maximum Gasteiger partial charge on any atom is 0.418 e. The van der Waals surface area contributed by atoms with Crippen LogP contribution >= 0.6 is 0 Å². The second kappa shape index (κ2) is 3.41. The number of alkyl halides is 3. The molecule has 7 heteroatoms. The van der Waals surface area contributed by atoms with Gasteiger partial charge in [0.2, 0.25) is 0 Å². The summed E-state index contributed by atoms with van der Waals surface area (Å²) in [6, 6.07) is 0.592. The zero-order valence-electron chi connectivity index (χ0n) is 7.10. The maximum absolute atomic E-state index is 12.7. The van der Waals surface area contributed by atoms with Gasteiger partial charge in [0.25, 0.3) is 0 Å². The van der Waals surface area contributed by atoms with Gasteiger partial charge in [0.15, 0.2) is 0 Å². The second-order valence-corrected chi connectivity index (χ2v) is 2.72. The van der Waals surface area contributed by atoms with E-state index in [4.69, 9.17) is 10.8 Å². The topological polar surface area (TPSA) is 63.3 Å². The van der Waals surface area contributed by atoms with Crippen molar-refractivity contribution in [3.8, 4) is 0 Å². The largest absolute Gasteiger partial charge is 0.478 e. The number of anilines is 1. The molecule has 0 amide bonds. The van der Waals surface area contributed by atoms with E-state index in [0.717, 1.165) is 0 Å². The number of nitrogen functional groups attached to an aromatic ring is 1. The summed E-state index contributed by atoms with van der Waals surface area (Å²) in [5.74, 6) is -3.01. The van der Waals surface area contributed by atoms with Crippen molar-refractivity contribution < 1.29 is 27.5 Å². The molecule has 1 aromatic carbocycles. The monoisotopic (exact) mass is 223 g/mol. The van der Waals surface area contributed by atoms with Crippen LogP contribution in [0.25, 0.3) is 0 Å². The summed E-state index contributed by atoms with van der Waals surface area (Å²) >= 11 is 0. The van der Waals surface area contributed by atoms with Gasteiger partial charge in [-0.3, -0.25) is 0 Å². The Labute approximate surface area is 81.1 Å². The lowest BCUT2D eigenvalue weighted by molar-refractivity contribution is -0.137. The average Bonchev–Trinajstić information content (AvgIpc) is 2.06. The molecule has 0 saturated carbocycles. The van der Waals surface area contributed by atoms with E-state index in [0.29, 0.717) is 6.07 Å². The summed E-state index contributed by atoms with van der Waals surface area (Å²) in [5.41, 5.74) is 1.60. The minimum absolute atomic E-state index is 0.155. The van der Waals surface area contributed by atoms with Crippen LogP contribution in [0.1, 0.15) is 15.9 Å². The lowest BCUT2D eigenvalue weighted by atomic mass is 10.1. The van der Waals surface area contributed by atoms with Crippen molar-refractivity contribution in [3.05, 3.63) is 29.1 Å². The van der Waals surface area contributed by atoms with Crippen molar-refractivity contribution in [1.29, 1.82) is 0 Å². The summed E-state index contributed by atoms with van der Waals surface area (Å²) in [7, 11) is 0. The number of halogens is 4. The molecule has 0 atom stereocenters. The number of carbonyl (C=O) groups is 1. The first kappa shape index (κ1) is 11.3. The van der Waals surface area contributed by atoms with Crippen LogP contribution in [0.4, 0.5) is 23.2 Å². The highest BCUT2D eigenvalue weighted by molar-refractivity contribution is 5.94. The Morgan fingerprint density at radius 1 is 1.33 bits per heavy atom. The number of carboxylic acid groups (broad SMARTS) is 1. The van der Waals surface area contributed by atoms with Crippen LogP contribution in [0.3, 0.4) is 0 Å². The molecule has 0 aliphatic rings. The lowest BCUT2D eigenvalue weighted by Gasteiger charge is -2.11. The van der Waals surface area contributed by atoms with Gasteiger partial charge in [-0.15, -0.1) is 0 Å². The third-order valence-corrected chi connectivity index (χ3v) is 1.68. The Morgan fingerprint density at radius 2 is 1.87 bits per heavy atom. The summed E-state index contributed by atoms with van der Waals surface area (Å²) in [6.45, 7) is 0. The number of benzene rings is 1. The predicted octanol–water partition coefficient (Wildman–Crippen LogP) is 2.12. The SMILES string of the molecule is Nc1c(C(=O)O)cc(F)cc1C(F)(F)F. The van der Waals surface area contributed by atoms with Gasteiger partial charge in [-0.05, 0) is 12.1 Å². The number of aromatic carboxylic acids is 1. The van der Waals surface area contributed by atoms with Crippen LogP contribution in [0.15, 0.2) is 12.1 Å². The summed E-state index contributed by atoms with van der Waals surface area (Å²) in [5, 5.41) is 8.47. The molecule has 3 N–H and O–H groups in total. The molecule has 0 spiro atoms. The third kappa shape index (κ3) is 2.17. The summed E-state index contributed by atoms with van der Waals surface area (Å²) in [6.07, 6.45) is -4.88. The molecule has 0 fully saturated rings. The molecular formula is C8H5F4NO2. The molecule has 1 aromatic rings. The Morgan fingerprint density at radius 3 is 2.27 bits per heavy atom. The first-order valence-electron chi connectivity index (χ1n) is 3.63. The molecule has 0 unspecified atom stereocenters. The van der Waals surface area contributed by atoms with E-state index in [9.17, 15) is 22.4 Å². The molecule has 0 radical (unpaired) electrons. The Balaban J connectivity index is 3.49. The summed E-state index contributed by atoms with van der Waals surface area (Å²) in [4.78, 5) is 10.4. The average molecular weight is 223 g/mol. The van der Waals surface area contributed by atoms with Gasteiger partial charge >= 0.3 is 12.1 Å². The number of rotatable bonds is 1. The van der Waals surface area contributed by atoms with Gasteiger partial charge in [0, 0.05) is 0 Å². The molecule has 0 saturated heterocycles. The van der Waals surface area contributed by atoms with Crippen molar-refractivity contribution in [2.45, 2.75) is 6.18 Å². The van der Waals surface area contributed by atoms with Crippen LogP contribution in [0, 0.1) is 5.82 Å². The fraction of sp³-hybridized carbons (Fsp3) is 0.125. The van der Waals surface area contributed by atoms with Gasteiger partial charge in [-0.2, -0.15) is 13.2 Å². The van der Waals surface area contributed by atoms with Gasteiger partial charge in [-0.1, -0.05) is 0 Å². The fourth-order valence-electron chi connectivity index (χ4n) is 1.03. The van der Waals surface area contributed by atoms with Crippen molar-refractivity contribution in [1.82, 2.24) is 0 Å². The van der Waals surface area contributed by atoms with E-state index in [1.54, 1.807) is 0 Å². The number of carboxylic acids is 1. The molecule has 3 nitrogen and oxygen atoms in total. The highest BCUT2D eigenvalue weighted by atomic mass is 19.4. The van der Waals surface area contributed by atoms with Crippen molar-refractivity contribution in [2.24, 2.45) is 0 Å². The molecular weight excluding hydrogens is 218 g/mol. The second-order valence-electron chi connectivity index (χ2n) is 2.72. The molecule has 0 aliphatic heterocycles. The Hall–Kier alpha value is -1.79. The van der Waals surface area contributed by atoms with Crippen molar-refractivity contribution >= 4 is 11.7 Å². The minimum Gasteiger partial charge on any atom is -0.478 e. The van der Waals surface area contributed by atoms with Gasteiger partial charge < -0.3 is 10.8 Å². The van der Waals surface area contributed by atoms with Gasteiger partial charge in [0.05, 0.1) is 16.8 Å². The normalized spacial score (nSPS) is 11.5. The quantitative estimate of drug-likeness (QED) is 0.566. The molecule has 0 bridgehead atoms. The Kier molecular flexibility index (Phi) is 2.57. The first-order chi connectivity index (χ1) is 6.73. The standard InChI is InChI=1S/C8H5F4NO2/c9-3-1-4(7(14)15)6(13)5(2-3)8(10,11)12/h1-2H,13H2,(H,14,15). The Bertz CT molecular complexity index is 414. The molecule has 0 aromatic heterocycles. The molecule has 0 heterocycles. The van der Waals surface area contributed by atoms with E-state index in [1.807, 2.05) is 0 Å². The highest BCUT2D eigenvalue weighted by Crippen LogP contribution is 2.35. The van der Waals surface area contributed by atoms with Gasteiger partial charge in [-0.25, -0.2) is 9.18 Å². The van der Waals surface area contributed by atoms with Gasteiger partial charge in [0.1, 0.15) is 5.82 Å². The van der Waals surface area contributed by atoms with E-state index in [2.05, 4.69) is 0 Å². The number of hydrogen-bond donors (Lipinski definition) is 2. The zero-order chi connectivity index (χ0) is 11.8. The highest BCUT2D eigenvalue weighted by Gasteiger charge is 2.35. The smallest absolute Gasteiger partial charge is 0.418 e. The van der Waals surface area contributed by atoms with E-state index in [-0.39, 0.29) is 6.07 Å². The molecule has 15 heavy (non-hydrogen) atoms. The third-order valence-electron chi connectivity index (χ3n) is 1.68. The fourth-order valence-corrected chi connectivity index (χ4v) is 1.03. The molecule has 1 rings (SSSR count). The molecule has 0 aliphatic carbocycles. The lowest BCUT2D eigenvalue weighted by Crippen LogP contribution is -2.13. The maximum atomic E-state index is 12.7. The minimum atomic E-state index is -4.88. The van der Waals surface area contributed by atoms with E-state index < -0.39 is 34.8 Å². The van der Waals surface area contributed by atoms with E-state index >= 15 is 0 Å². The van der Waals surface area contributed by atoms with Crippen LogP contribution in [0.2, 0.25) is 0 Å². The predicted molar refractivity (Wildman–Crippen MR) is 42.8 cm³/mol. The number of nitrogens with two attached hydrogens (primary N) is 1. The van der Waals surface area contributed by atoms with Crippen LogP contribution in [-0.4, -0.2) is 11.1 Å². The van der Waals surface area contributed by atoms with Crippen molar-refractivity contribution in [2.75, 3.05) is 5.73 Å². The van der Waals surface area contributed by atoms with Crippen LogP contribution in [0.5, 0.6) is 0 Å².